The number of carboxylic acids is 2. The molecule has 7 N–H and O–H groups in total. The summed E-state index contributed by atoms with van der Waals surface area (Å²) in [4.78, 5) is 105. The third-order valence-corrected chi connectivity index (χ3v) is 13.0. The van der Waals surface area contributed by atoms with Crippen LogP contribution in [0.25, 0.3) is 0 Å². The lowest BCUT2D eigenvalue weighted by Gasteiger charge is -2.30. The number of hydrogen-bond acceptors (Lipinski definition) is 12. The molecule has 4 heterocycles. The van der Waals surface area contributed by atoms with E-state index < -0.39 is 100 Å². The molecule has 0 aromatic heterocycles. The highest BCUT2D eigenvalue weighted by atomic mass is 16.6. The fourth-order valence-corrected chi connectivity index (χ4v) is 9.21. The smallest absolute Gasteiger partial charge is 0.408 e. The van der Waals surface area contributed by atoms with Gasteiger partial charge in [0.15, 0.2) is 0 Å². The topological polar surface area (TPSA) is 280 Å². The number of ether oxygens (including phenoxy) is 3. The maximum Gasteiger partial charge on any atom is 0.408 e. The van der Waals surface area contributed by atoms with Gasteiger partial charge in [0.2, 0.25) is 23.6 Å². The van der Waals surface area contributed by atoms with Crippen LogP contribution in [-0.2, 0) is 43.0 Å². The Hall–Kier alpha value is -5.24. The van der Waals surface area contributed by atoms with Crippen LogP contribution in [0.1, 0.15) is 131 Å². The predicted octanol–water partition coefficient (Wildman–Crippen LogP) is 3.30. The largest absolute Gasteiger partial charge is 0.479 e. The van der Waals surface area contributed by atoms with Gasteiger partial charge in [0.05, 0.1) is 12.2 Å². The van der Waals surface area contributed by atoms with Crippen LogP contribution in [-0.4, -0.2) is 152 Å². The minimum Gasteiger partial charge on any atom is -0.479 e. The Balaban J connectivity index is 0.000000251. The van der Waals surface area contributed by atoms with Gasteiger partial charge in [-0.05, 0) is 92.9 Å². The summed E-state index contributed by atoms with van der Waals surface area (Å²) in [6.45, 7) is 10.5. The van der Waals surface area contributed by atoms with Crippen LogP contribution < -0.4 is 21.3 Å². The van der Waals surface area contributed by atoms with Crippen molar-refractivity contribution >= 4 is 47.8 Å². The van der Waals surface area contributed by atoms with E-state index in [2.05, 4.69) is 21.3 Å². The fraction of sp³-hybridized carbons (Fsp3) is 0.745. The third-order valence-electron chi connectivity index (χ3n) is 13.0. The molecule has 20 nitrogen and oxygen atoms in total. The Kier molecular flexibility index (Phi) is 17.2. The number of methoxy groups -OCH3 is 1. The second kappa shape index (κ2) is 21.8. The Morgan fingerprint density at radius 1 is 0.657 bits per heavy atom. The highest BCUT2D eigenvalue weighted by Crippen LogP contribution is 2.46. The van der Waals surface area contributed by atoms with Crippen LogP contribution in [0.5, 0.6) is 0 Å². The molecule has 10 atom stereocenters. The lowest BCUT2D eigenvalue weighted by Crippen LogP contribution is -2.56. The first-order valence-corrected chi connectivity index (χ1v) is 23.6. The van der Waals surface area contributed by atoms with Crippen LogP contribution >= 0.6 is 0 Å². The van der Waals surface area contributed by atoms with Crippen molar-refractivity contribution in [3.05, 3.63) is 24.3 Å². The molecule has 0 unspecified atom stereocenters. The molecule has 20 heteroatoms. The number of carboxylic acid groups (broad SMARTS) is 2. The van der Waals surface area contributed by atoms with Gasteiger partial charge in [-0.3, -0.25) is 19.2 Å². The summed E-state index contributed by atoms with van der Waals surface area (Å²) >= 11 is 0. The van der Waals surface area contributed by atoms with Gasteiger partial charge in [0.25, 0.3) is 0 Å². The number of aliphatic carboxylic acids is 2. The molecule has 2 saturated heterocycles. The first-order valence-electron chi connectivity index (χ1n) is 23.6. The summed E-state index contributed by atoms with van der Waals surface area (Å²) in [6.07, 6.45) is 12.9. The average Bonchev–Trinajstić information content (AvgIpc) is 3.98. The van der Waals surface area contributed by atoms with E-state index in [9.17, 15) is 53.7 Å². The number of alkyl carbamates (subject to hydrolysis) is 2. The minimum atomic E-state index is -1.38. The first-order chi connectivity index (χ1) is 31.4. The molecule has 2 saturated carbocycles. The second-order valence-electron chi connectivity index (χ2n) is 20.7. The SMILES string of the molecule is CC(C)(C)OC(=O)N[C@H]1CCCCC/C=C\[C@@H]2C[C@@]2(C(=O)O)NC(=O)[C@@H]2C[C@@H](O)CN2C1=O.CO[C@@H]1C[C@H]2C(=O)N[C@]3(C(=O)O)C[C@H]3/C=C\CCCCC[C@H](NC(=O)OC(C)(C)C)C(=O)N2C1. The highest BCUT2D eigenvalue weighted by Gasteiger charge is 2.62. The number of carbonyl (C=O) groups excluding carboxylic acids is 6. The average molecular weight is 945 g/mol. The van der Waals surface area contributed by atoms with E-state index in [4.69, 9.17) is 14.2 Å². The Morgan fingerprint density at radius 2 is 1.07 bits per heavy atom. The van der Waals surface area contributed by atoms with Crippen LogP contribution in [0.2, 0.25) is 0 Å². The van der Waals surface area contributed by atoms with Gasteiger partial charge < -0.3 is 60.6 Å². The van der Waals surface area contributed by atoms with Crippen LogP contribution in [0.15, 0.2) is 24.3 Å². The van der Waals surface area contributed by atoms with Crippen molar-refractivity contribution in [1.82, 2.24) is 31.1 Å². The molecule has 2 aliphatic carbocycles. The summed E-state index contributed by atoms with van der Waals surface area (Å²) in [5.74, 6) is -4.77. The van der Waals surface area contributed by atoms with Gasteiger partial charge >= 0.3 is 24.1 Å². The van der Waals surface area contributed by atoms with Crippen molar-refractivity contribution in [2.24, 2.45) is 11.8 Å². The van der Waals surface area contributed by atoms with E-state index in [0.29, 0.717) is 32.1 Å². The number of fused-ring (bicyclic) bond motifs is 4. The summed E-state index contributed by atoms with van der Waals surface area (Å²) in [6, 6.07) is -3.67. The maximum absolute atomic E-state index is 13.6. The number of carbonyl (C=O) groups is 8. The number of aliphatic hydroxyl groups excluding tert-OH is 1. The lowest BCUT2D eigenvalue weighted by atomic mass is 10.0. The van der Waals surface area contributed by atoms with Crippen molar-refractivity contribution in [1.29, 1.82) is 0 Å². The number of allylic oxidation sites excluding steroid dienone is 2. The molecule has 0 aromatic carbocycles. The summed E-state index contributed by atoms with van der Waals surface area (Å²) in [5.41, 5.74) is -4.19. The van der Waals surface area contributed by atoms with Gasteiger partial charge in [-0.15, -0.1) is 0 Å². The summed E-state index contributed by atoms with van der Waals surface area (Å²) in [5, 5.41) is 40.4. The zero-order valence-corrected chi connectivity index (χ0v) is 40.0. The summed E-state index contributed by atoms with van der Waals surface area (Å²) < 4.78 is 16.1. The summed E-state index contributed by atoms with van der Waals surface area (Å²) in [7, 11) is 1.51. The van der Waals surface area contributed by atoms with Crippen LogP contribution in [0.4, 0.5) is 9.59 Å². The van der Waals surface area contributed by atoms with E-state index in [1.54, 1.807) is 41.5 Å². The van der Waals surface area contributed by atoms with Gasteiger partial charge in [-0.25, -0.2) is 19.2 Å². The third kappa shape index (κ3) is 13.9. The lowest BCUT2D eigenvalue weighted by molar-refractivity contribution is -0.146. The molecular weight excluding hydrogens is 873 g/mol. The number of amides is 6. The molecule has 4 fully saturated rings. The van der Waals surface area contributed by atoms with Gasteiger partial charge in [-0.2, -0.15) is 0 Å². The predicted molar refractivity (Wildman–Crippen MR) is 241 cm³/mol. The number of aliphatic hydroxyl groups is 1. The molecule has 374 valence electrons. The Labute approximate surface area is 392 Å². The number of hydrogen-bond donors (Lipinski definition) is 7. The van der Waals surface area contributed by atoms with E-state index in [0.717, 1.165) is 38.5 Å². The van der Waals surface area contributed by atoms with Crippen molar-refractivity contribution in [3.63, 3.8) is 0 Å². The maximum atomic E-state index is 13.6. The molecular formula is C47H72N6O14. The van der Waals surface area contributed by atoms with Gasteiger partial charge in [-0.1, -0.05) is 50.0 Å². The molecule has 6 rings (SSSR count). The van der Waals surface area contributed by atoms with Crippen molar-refractivity contribution in [2.45, 2.75) is 190 Å². The van der Waals surface area contributed by atoms with Crippen molar-refractivity contribution < 1.29 is 67.9 Å². The zero-order chi connectivity index (χ0) is 49.5. The zero-order valence-electron chi connectivity index (χ0n) is 40.0. The number of nitrogens with zero attached hydrogens (tertiary/aromatic N) is 2. The quantitative estimate of drug-likeness (QED) is 0.195. The monoisotopic (exact) mass is 945 g/mol. The fourth-order valence-electron chi connectivity index (χ4n) is 9.21. The Bertz CT molecular complexity index is 1930. The molecule has 4 aliphatic heterocycles. The van der Waals surface area contributed by atoms with E-state index in [-0.39, 0.29) is 50.3 Å². The highest BCUT2D eigenvalue weighted by molar-refractivity contribution is 5.97. The number of nitrogens with one attached hydrogen (secondary N) is 4. The molecule has 0 radical (unpaired) electrons. The molecule has 6 aliphatic rings. The normalized spacial score (nSPS) is 33.8. The second-order valence-corrected chi connectivity index (χ2v) is 20.7. The molecule has 0 spiro atoms. The van der Waals surface area contributed by atoms with Gasteiger partial charge in [0, 0.05) is 44.9 Å². The van der Waals surface area contributed by atoms with Crippen molar-refractivity contribution in [2.75, 3.05) is 20.2 Å². The Morgan fingerprint density at radius 3 is 1.48 bits per heavy atom. The van der Waals surface area contributed by atoms with E-state index >= 15 is 0 Å². The van der Waals surface area contributed by atoms with E-state index in [1.807, 2.05) is 24.3 Å². The van der Waals surface area contributed by atoms with Crippen LogP contribution in [0, 0.1) is 11.8 Å². The minimum absolute atomic E-state index is 0.00688. The van der Waals surface area contributed by atoms with Crippen LogP contribution in [0.3, 0.4) is 0 Å². The first kappa shape index (κ1) is 52.7. The number of rotatable bonds is 5. The molecule has 0 bridgehead atoms. The molecule has 6 amide bonds. The van der Waals surface area contributed by atoms with Gasteiger partial charge in [0.1, 0.15) is 46.4 Å². The molecule has 0 aromatic rings. The molecule has 67 heavy (non-hydrogen) atoms. The van der Waals surface area contributed by atoms with Crippen molar-refractivity contribution in [3.8, 4) is 0 Å². The van der Waals surface area contributed by atoms with E-state index in [1.165, 1.54) is 16.9 Å². The standard InChI is InChI=1S/C24H37N3O7.C23H35N3O7/c1-23(2,3)34-22(32)25-17-11-9-7-5-6-8-10-15-13-24(15,21(30)31)26-19(28)18-12-16(33-4)14-27(18)20(17)29;1-22(2,3)33-21(32)24-16-10-8-6-4-5-7-9-14-12-23(14,20(30)31)25-18(28)17-11-15(27)13-26(17)19(16)29/h8,10,15-18H,5-7,9,11-14H2,1-4H3,(H,25,32)(H,26,28)(H,30,31);7,9,14-17,27H,4-6,8,10-13H2,1-3H3,(H,24,32)(H,25,28)(H,30,31)/b10-8-;9-7-/t15-,16-,17+,18+,24-;14-,15-,16+,17+,23-/m11/s1.